The molecule has 0 spiro atoms. The van der Waals surface area contributed by atoms with Crippen LogP contribution in [0.25, 0.3) is 22.3 Å². The van der Waals surface area contributed by atoms with E-state index in [0.717, 1.165) is 29.5 Å². The Bertz CT molecular complexity index is 930. The number of fused-ring (bicyclic) bond motifs is 3. The highest BCUT2D eigenvalue weighted by Crippen LogP contribution is 2.44. The van der Waals surface area contributed by atoms with Gasteiger partial charge in [-0.2, -0.15) is 5.26 Å². The molecule has 0 aliphatic heterocycles. The molecule has 1 aliphatic rings. The van der Waals surface area contributed by atoms with Gasteiger partial charge in [-0.05, 0) is 45.9 Å². The van der Waals surface area contributed by atoms with Crippen molar-refractivity contribution in [3.8, 4) is 28.3 Å². The number of hydrogen-bond acceptors (Lipinski definition) is 1. The van der Waals surface area contributed by atoms with Crippen LogP contribution in [0, 0.1) is 11.3 Å². The second-order valence-corrected chi connectivity index (χ2v) is 5.98. The highest BCUT2D eigenvalue weighted by atomic mass is 14.3. The molecular weight excluding hydrogens is 278 g/mol. The second kappa shape index (κ2) is 5.41. The summed E-state index contributed by atoms with van der Waals surface area (Å²) in [6.45, 7) is 2.19. The molecule has 110 valence electrons. The molecule has 3 aromatic carbocycles. The normalized spacial score (nSPS) is 11.7. The standard InChI is InChI=1S/C22H17N/c1-2-15-12-19(16-8-4-3-5-9-16)21(14-23)20-13-17-10-6-7-11-18(17)22(15)20/h3-12H,2,13H2,1H3. The zero-order valence-corrected chi connectivity index (χ0v) is 13.1. The van der Waals surface area contributed by atoms with E-state index >= 15 is 0 Å². The number of aryl methyl sites for hydroxylation is 1. The van der Waals surface area contributed by atoms with Gasteiger partial charge in [0.1, 0.15) is 6.07 Å². The second-order valence-electron chi connectivity index (χ2n) is 5.98. The van der Waals surface area contributed by atoms with Crippen molar-refractivity contribution in [2.45, 2.75) is 19.8 Å². The lowest BCUT2D eigenvalue weighted by Crippen LogP contribution is -1.97. The summed E-state index contributed by atoms with van der Waals surface area (Å²) in [5.74, 6) is 0. The molecule has 0 atom stereocenters. The minimum absolute atomic E-state index is 0.833. The molecular formula is C22H17N. The van der Waals surface area contributed by atoms with E-state index in [9.17, 15) is 5.26 Å². The quantitative estimate of drug-likeness (QED) is 0.488. The average Bonchev–Trinajstić information content (AvgIpc) is 3.00. The summed E-state index contributed by atoms with van der Waals surface area (Å²) in [6.07, 6.45) is 1.84. The van der Waals surface area contributed by atoms with Crippen molar-refractivity contribution in [2.75, 3.05) is 0 Å². The maximum absolute atomic E-state index is 9.84. The zero-order valence-electron chi connectivity index (χ0n) is 13.1. The van der Waals surface area contributed by atoms with E-state index < -0.39 is 0 Å². The minimum atomic E-state index is 0.833. The van der Waals surface area contributed by atoms with Crippen molar-refractivity contribution in [3.63, 3.8) is 0 Å². The molecule has 1 heteroatoms. The first-order valence-corrected chi connectivity index (χ1v) is 8.06. The monoisotopic (exact) mass is 295 g/mol. The third kappa shape index (κ3) is 2.07. The Labute approximate surface area is 136 Å². The molecule has 0 fully saturated rings. The lowest BCUT2D eigenvalue weighted by molar-refractivity contribution is 1.13. The summed E-state index contributed by atoms with van der Waals surface area (Å²) in [6, 6.07) is 23.5. The highest BCUT2D eigenvalue weighted by Gasteiger charge is 2.26. The van der Waals surface area contributed by atoms with Crippen molar-refractivity contribution >= 4 is 0 Å². The van der Waals surface area contributed by atoms with Gasteiger partial charge in [0.15, 0.2) is 0 Å². The van der Waals surface area contributed by atoms with Crippen LogP contribution in [-0.2, 0) is 12.8 Å². The summed E-state index contributed by atoms with van der Waals surface area (Å²) in [4.78, 5) is 0. The minimum Gasteiger partial charge on any atom is -0.192 e. The van der Waals surface area contributed by atoms with E-state index in [1.165, 1.54) is 27.8 Å². The van der Waals surface area contributed by atoms with E-state index in [-0.39, 0.29) is 0 Å². The van der Waals surface area contributed by atoms with Crippen LogP contribution < -0.4 is 0 Å². The topological polar surface area (TPSA) is 23.8 Å². The average molecular weight is 295 g/mol. The lowest BCUT2D eigenvalue weighted by Gasteiger charge is -2.14. The number of hydrogen-bond donors (Lipinski definition) is 0. The number of rotatable bonds is 2. The molecule has 0 saturated carbocycles. The van der Waals surface area contributed by atoms with Gasteiger partial charge in [-0.3, -0.25) is 0 Å². The van der Waals surface area contributed by atoms with Crippen molar-refractivity contribution in [2.24, 2.45) is 0 Å². The van der Waals surface area contributed by atoms with Gasteiger partial charge in [-0.15, -0.1) is 0 Å². The molecule has 0 radical (unpaired) electrons. The SMILES string of the molecule is CCc1cc(-c2ccccc2)c(C#N)c2c1-c1ccccc1C2. The molecule has 0 N–H and O–H groups in total. The van der Waals surface area contributed by atoms with Crippen molar-refractivity contribution in [1.29, 1.82) is 5.26 Å². The number of nitriles is 1. The molecule has 4 rings (SSSR count). The molecule has 3 aromatic rings. The smallest absolute Gasteiger partial charge is 0.100 e. The first-order chi connectivity index (χ1) is 11.3. The van der Waals surface area contributed by atoms with Crippen molar-refractivity contribution < 1.29 is 0 Å². The van der Waals surface area contributed by atoms with Gasteiger partial charge in [0.25, 0.3) is 0 Å². The predicted octanol–water partition coefficient (Wildman–Crippen LogP) is 5.36. The van der Waals surface area contributed by atoms with E-state index in [1.54, 1.807) is 0 Å². The lowest BCUT2D eigenvalue weighted by atomic mass is 9.88. The summed E-state index contributed by atoms with van der Waals surface area (Å²) < 4.78 is 0. The fourth-order valence-electron chi connectivity index (χ4n) is 3.67. The van der Waals surface area contributed by atoms with E-state index in [2.05, 4.69) is 55.5 Å². The Morgan fingerprint density at radius 1 is 0.957 bits per heavy atom. The Morgan fingerprint density at radius 2 is 1.70 bits per heavy atom. The summed E-state index contributed by atoms with van der Waals surface area (Å²) in [7, 11) is 0. The molecule has 1 nitrogen and oxygen atoms in total. The van der Waals surface area contributed by atoms with Gasteiger partial charge in [-0.1, -0.05) is 61.5 Å². The van der Waals surface area contributed by atoms with Gasteiger partial charge in [0.2, 0.25) is 0 Å². The molecule has 0 saturated heterocycles. The largest absolute Gasteiger partial charge is 0.192 e. The first-order valence-electron chi connectivity index (χ1n) is 8.06. The molecule has 1 aliphatic carbocycles. The first kappa shape index (κ1) is 13.8. The third-order valence-corrected chi connectivity index (χ3v) is 4.74. The molecule has 0 heterocycles. The van der Waals surface area contributed by atoms with E-state index in [4.69, 9.17) is 0 Å². The van der Waals surface area contributed by atoms with Gasteiger partial charge in [-0.25, -0.2) is 0 Å². The third-order valence-electron chi connectivity index (χ3n) is 4.74. The van der Waals surface area contributed by atoms with Gasteiger partial charge < -0.3 is 0 Å². The Balaban J connectivity index is 2.04. The fourth-order valence-corrected chi connectivity index (χ4v) is 3.67. The van der Waals surface area contributed by atoms with Gasteiger partial charge >= 0.3 is 0 Å². The van der Waals surface area contributed by atoms with Gasteiger partial charge in [0, 0.05) is 12.0 Å². The molecule has 0 unspecified atom stereocenters. The van der Waals surface area contributed by atoms with Crippen LogP contribution in [0.2, 0.25) is 0 Å². The Kier molecular flexibility index (Phi) is 3.24. The zero-order chi connectivity index (χ0) is 15.8. The van der Waals surface area contributed by atoms with Crippen molar-refractivity contribution in [3.05, 3.63) is 82.9 Å². The van der Waals surface area contributed by atoms with E-state index in [0.29, 0.717) is 0 Å². The van der Waals surface area contributed by atoms with Crippen LogP contribution in [0.15, 0.2) is 60.7 Å². The summed E-state index contributed by atoms with van der Waals surface area (Å²) >= 11 is 0. The summed E-state index contributed by atoms with van der Waals surface area (Å²) in [5.41, 5.74) is 9.48. The van der Waals surface area contributed by atoms with Crippen LogP contribution >= 0.6 is 0 Å². The maximum atomic E-state index is 9.84. The van der Waals surface area contributed by atoms with Crippen LogP contribution in [0.5, 0.6) is 0 Å². The van der Waals surface area contributed by atoms with Crippen molar-refractivity contribution in [1.82, 2.24) is 0 Å². The fraction of sp³-hybridized carbons (Fsp3) is 0.136. The molecule has 23 heavy (non-hydrogen) atoms. The van der Waals surface area contributed by atoms with Crippen LogP contribution in [0.1, 0.15) is 29.2 Å². The van der Waals surface area contributed by atoms with Crippen LogP contribution in [0.4, 0.5) is 0 Å². The molecule has 0 amide bonds. The highest BCUT2D eigenvalue weighted by molar-refractivity contribution is 5.87. The van der Waals surface area contributed by atoms with Gasteiger partial charge in [0.05, 0.1) is 5.56 Å². The summed E-state index contributed by atoms with van der Waals surface area (Å²) in [5, 5.41) is 9.84. The Morgan fingerprint density at radius 3 is 2.43 bits per heavy atom. The number of benzene rings is 3. The number of nitrogens with zero attached hydrogens (tertiary/aromatic N) is 1. The Hall–Kier alpha value is -2.85. The maximum Gasteiger partial charge on any atom is 0.100 e. The molecule has 0 bridgehead atoms. The van der Waals surface area contributed by atoms with Crippen LogP contribution in [0.3, 0.4) is 0 Å². The van der Waals surface area contributed by atoms with Crippen LogP contribution in [-0.4, -0.2) is 0 Å². The molecule has 0 aromatic heterocycles. The van der Waals surface area contributed by atoms with E-state index in [1.807, 2.05) is 18.2 Å². The predicted molar refractivity (Wildman–Crippen MR) is 94.2 cm³/mol.